The molecule has 2 amide bonds. The minimum Gasteiger partial charge on any atom is -0.482 e. The van der Waals surface area contributed by atoms with E-state index in [0.717, 1.165) is 6.20 Å². The van der Waals surface area contributed by atoms with Gasteiger partial charge in [-0.25, -0.2) is 18.6 Å². The van der Waals surface area contributed by atoms with Crippen molar-refractivity contribution in [1.29, 1.82) is 0 Å². The van der Waals surface area contributed by atoms with Crippen LogP contribution in [-0.4, -0.2) is 28.1 Å². The highest BCUT2D eigenvalue weighted by molar-refractivity contribution is 6.02. The molecule has 148 valence electrons. The van der Waals surface area contributed by atoms with E-state index in [1.807, 2.05) is 13.8 Å². The van der Waals surface area contributed by atoms with Crippen molar-refractivity contribution in [3.05, 3.63) is 66.5 Å². The molecule has 2 aromatic heterocycles. The van der Waals surface area contributed by atoms with Crippen LogP contribution in [0.1, 0.15) is 13.8 Å². The molecule has 0 unspecified atom stereocenters. The smallest absolute Gasteiger partial charge is 0.327 e. The number of urea groups is 1. The molecule has 1 aromatic carbocycles. The van der Waals surface area contributed by atoms with Gasteiger partial charge in [-0.1, -0.05) is 12.1 Å². The van der Waals surface area contributed by atoms with Gasteiger partial charge in [-0.05, 0) is 38.1 Å². The Hall–Kier alpha value is -3.55. The number of rotatable bonds is 2. The molecule has 3 aromatic rings. The second-order valence-corrected chi connectivity index (χ2v) is 7.30. The Morgan fingerprint density at radius 2 is 1.97 bits per heavy atom. The summed E-state index contributed by atoms with van der Waals surface area (Å²) in [6.07, 6.45) is 2.40. The highest BCUT2D eigenvalue weighted by atomic mass is 19.1. The number of carbonyl (C=O) groups is 1. The molecule has 4 rings (SSSR count). The van der Waals surface area contributed by atoms with Crippen LogP contribution in [0.15, 0.2) is 54.9 Å². The molecule has 1 N–H and O–H groups in total. The molecule has 6 nitrogen and oxygen atoms in total. The van der Waals surface area contributed by atoms with Crippen molar-refractivity contribution in [2.75, 3.05) is 16.8 Å². The summed E-state index contributed by atoms with van der Waals surface area (Å²) in [4.78, 5) is 22.6. The molecule has 0 atom stereocenters. The SMILES string of the molecule is CC1(C)CN(C(=O)Nc2cncc(F)c2)c2nc(-c3cccc(F)c3)ccc2O1. The molecule has 3 heterocycles. The van der Waals surface area contributed by atoms with Gasteiger partial charge in [0, 0.05) is 11.6 Å². The number of nitrogens with one attached hydrogen (secondary N) is 1. The van der Waals surface area contributed by atoms with E-state index in [0.29, 0.717) is 22.8 Å². The maximum Gasteiger partial charge on any atom is 0.327 e. The zero-order chi connectivity index (χ0) is 20.6. The fourth-order valence-corrected chi connectivity index (χ4v) is 3.14. The van der Waals surface area contributed by atoms with Crippen molar-refractivity contribution in [2.24, 2.45) is 0 Å². The average Bonchev–Trinajstić information content (AvgIpc) is 2.66. The van der Waals surface area contributed by atoms with Crippen molar-refractivity contribution in [1.82, 2.24) is 9.97 Å². The first kappa shape index (κ1) is 18.8. The lowest BCUT2D eigenvalue weighted by atomic mass is 10.1. The van der Waals surface area contributed by atoms with Crippen molar-refractivity contribution in [3.63, 3.8) is 0 Å². The number of anilines is 2. The van der Waals surface area contributed by atoms with Crippen molar-refractivity contribution >= 4 is 17.5 Å². The molecule has 0 saturated carbocycles. The normalized spacial score (nSPS) is 14.7. The Kier molecular flexibility index (Phi) is 4.62. The quantitative estimate of drug-likeness (QED) is 0.686. The highest BCUT2D eigenvalue weighted by Gasteiger charge is 2.36. The third-order valence-corrected chi connectivity index (χ3v) is 4.34. The lowest BCUT2D eigenvalue weighted by Crippen LogP contribution is -2.51. The summed E-state index contributed by atoms with van der Waals surface area (Å²) in [5, 5.41) is 2.63. The first-order chi connectivity index (χ1) is 13.8. The Morgan fingerprint density at radius 1 is 1.14 bits per heavy atom. The number of nitrogens with zero attached hydrogens (tertiary/aromatic N) is 3. The molecule has 0 fully saturated rings. The van der Waals surface area contributed by atoms with Gasteiger partial charge in [-0.2, -0.15) is 0 Å². The Balaban J connectivity index is 1.71. The minimum atomic E-state index is -0.660. The van der Waals surface area contributed by atoms with Crippen LogP contribution >= 0.6 is 0 Å². The third-order valence-electron chi connectivity index (χ3n) is 4.34. The maximum absolute atomic E-state index is 13.6. The van der Waals surface area contributed by atoms with E-state index in [4.69, 9.17) is 4.74 Å². The van der Waals surface area contributed by atoms with E-state index in [-0.39, 0.29) is 18.0 Å². The highest BCUT2D eigenvalue weighted by Crippen LogP contribution is 2.37. The van der Waals surface area contributed by atoms with Gasteiger partial charge in [0.05, 0.1) is 30.3 Å². The molecule has 29 heavy (non-hydrogen) atoms. The van der Waals surface area contributed by atoms with Gasteiger partial charge in [0.15, 0.2) is 11.6 Å². The fraction of sp³-hybridized carbons (Fsp3) is 0.190. The molecular formula is C21H18F2N4O2. The molecule has 0 saturated heterocycles. The fourth-order valence-electron chi connectivity index (χ4n) is 3.14. The topological polar surface area (TPSA) is 67.4 Å². The van der Waals surface area contributed by atoms with Gasteiger partial charge in [0.25, 0.3) is 0 Å². The van der Waals surface area contributed by atoms with E-state index in [9.17, 15) is 13.6 Å². The van der Waals surface area contributed by atoms with Crippen LogP contribution in [-0.2, 0) is 0 Å². The zero-order valence-corrected chi connectivity index (χ0v) is 15.8. The molecule has 1 aliphatic heterocycles. The van der Waals surface area contributed by atoms with Gasteiger partial charge in [0.2, 0.25) is 0 Å². The van der Waals surface area contributed by atoms with Crippen LogP contribution in [0.3, 0.4) is 0 Å². The van der Waals surface area contributed by atoms with E-state index in [1.165, 1.54) is 29.3 Å². The van der Waals surface area contributed by atoms with Crippen LogP contribution in [0.2, 0.25) is 0 Å². The average molecular weight is 396 g/mol. The second kappa shape index (κ2) is 7.12. The van der Waals surface area contributed by atoms with Crippen molar-refractivity contribution < 1.29 is 18.3 Å². The van der Waals surface area contributed by atoms with Crippen LogP contribution in [0, 0.1) is 11.6 Å². The number of hydrogen-bond donors (Lipinski definition) is 1. The molecule has 0 aliphatic carbocycles. The second-order valence-electron chi connectivity index (χ2n) is 7.30. The van der Waals surface area contributed by atoms with Gasteiger partial charge < -0.3 is 10.1 Å². The number of fused-ring (bicyclic) bond motifs is 1. The third kappa shape index (κ3) is 4.01. The Morgan fingerprint density at radius 3 is 2.72 bits per heavy atom. The number of pyridine rings is 2. The summed E-state index contributed by atoms with van der Waals surface area (Å²) >= 11 is 0. The van der Waals surface area contributed by atoms with E-state index in [2.05, 4.69) is 15.3 Å². The standard InChI is InChI=1S/C21H18F2N4O2/c1-21(2)12-27(20(28)25-16-9-15(23)10-24-11-16)19-18(29-21)7-6-17(26-19)13-4-3-5-14(22)8-13/h3-11H,12H2,1-2H3,(H,25,28). The van der Waals surface area contributed by atoms with Gasteiger partial charge in [0.1, 0.15) is 17.2 Å². The number of aromatic nitrogens is 2. The summed E-state index contributed by atoms with van der Waals surface area (Å²) in [6.45, 7) is 3.91. The number of benzene rings is 1. The van der Waals surface area contributed by atoms with Crippen LogP contribution in [0.5, 0.6) is 5.75 Å². The minimum absolute atomic E-state index is 0.216. The maximum atomic E-state index is 13.6. The van der Waals surface area contributed by atoms with Crippen molar-refractivity contribution in [3.8, 4) is 17.0 Å². The zero-order valence-electron chi connectivity index (χ0n) is 15.8. The van der Waals surface area contributed by atoms with Gasteiger partial charge in [-0.15, -0.1) is 0 Å². The molecule has 1 aliphatic rings. The predicted octanol–water partition coefficient (Wildman–Crippen LogP) is 4.63. The van der Waals surface area contributed by atoms with Gasteiger partial charge >= 0.3 is 6.03 Å². The summed E-state index contributed by atoms with van der Waals surface area (Å²) < 4.78 is 33.0. The summed E-state index contributed by atoms with van der Waals surface area (Å²) in [7, 11) is 0. The summed E-state index contributed by atoms with van der Waals surface area (Å²) in [5.41, 5.74) is 0.637. The first-order valence-corrected chi connectivity index (χ1v) is 8.96. The largest absolute Gasteiger partial charge is 0.482 e. The first-order valence-electron chi connectivity index (χ1n) is 8.96. The Labute approximate surface area is 166 Å². The molecule has 0 radical (unpaired) electrons. The number of halogens is 2. The van der Waals surface area contributed by atoms with E-state index < -0.39 is 17.4 Å². The summed E-state index contributed by atoms with van der Waals surface area (Å²) in [6, 6.07) is 10.1. The van der Waals surface area contributed by atoms with E-state index in [1.54, 1.807) is 24.3 Å². The molecule has 8 heteroatoms. The van der Waals surface area contributed by atoms with Crippen LogP contribution in [0.25, 0.3) is 11.3 Å². The number of carbonyl (C=O) groups excluding carboxylic acids is 1. The van der Waals surface area contributed by atoms with Crippen molar-refractivity contribution in [2.45, 2.75) is 19.4 Å². The predicted molar refractivity (Wildman–Crippen MR) is 105 cm³/mol. The number of hydrogen-bond acceptors (Lipinski definition) is 4. The lowest BCUT2D eigenvalue weighted by Gasteiger charge is -2.38. The number of amides is 2. The van der Waals surface area contributed by atoms with E-state index >= 15 is 0 Å². The summed E-state index contributed by atoms with van der Waals surface area (Å²) in [5.74, 6) is -0.216. The molecule has 0 spiro atoms. The lowest BCUT2D eigenvalue weighted by molar-refractivity contribution is 0.106. The molecular weight excluding hydrogens is 378 g/mol. The Bertz CT molecular complexity index is 1090. The number of ether oxygens (including phenoxy) is 1. The van der Waals surface area contributed by atoms with Crippen LogP contribution in [0.4, 0.5) is 25.1 Å². The monoisotopic (exact) mass is 396 g/mol. The molecule has 0 bridgehead atoms. The van der Waals surface area contributed by atoms with Gasteiger partial charge in [-0.3, -0.25) is 9.88 Å². The van der Waals surface area contributed by atoms with Crippen LogP contribution < -0.4 is 15.0 Å².